The van der Waals surface area contributed by atoms with Crippen molar-refractivity contribution in [3.63, 3.8) is 0 Å². The van der Waals surface area contributed by atoms with E-state index in [1.165, 1.54) is 9.71 Å². The maximum absolute atomic E-state index is 12.8. The average Bonchev–Trinajstić information content (AvgIpc) is 2.88. The highest BCUT2D eigenvalue weighted by Gasteiger charge is 2.30. The molecule has 6 heteroatoms. The number of carbonyl (C=O) groups excluding carboxylic acids is 1. The van der Waals surface area contributed by atoms with Crippen molar-refractivity contribution in [2.75, 3.05) is 18.4 Å². The molecule has 0 bridgehead atoms. The van der Waals surface area contributed by atoms with Crippen molar-refractivity contribution in [1.29, 1.82) is 0 Å². The summed E-state index contributed by atoms with van der Waals surface area (Å²) in [6.07, 6.45) is 2.57. The summed E-state index contributed by atoms with van der Waals surface area (Å²) in [5.41, 5.74) is 3.26. The summed E-state index contributed by atoms with van der Waals surface area (Å²) in [5, 5.41) is 4.20. The second-order valence-corrected chi connectivity index (χ2v) is 9.94. The molecule has 3 aromatic carbocycles. The Balaban J connectivity index is 1.32. The number of sulfonamides is 1. The fourth-order valence-electron chi connectivity index (χ4n) is 3.77. The van der Waals surface area contributed by atoms with Gasteiger partial charge in [0.1, 0.15) is 0 Å². The zero-order valence-electron chi connectivity index (χ0n) is 18.7. The smallest absolute Gasteiger partial charge is 0.236 e. The zero-order valence-corrected chi connectivity index (χ0v) is 19.5. The van der Waals surface area contributed by atoms with E-state index >= 15 is 0 Å². The molecule has 0 aliphatic carbocycles. The van der Waals surface area contributed by atoms with Crippen LogP contribution in [0.2, 0.25) is 0 Å². The van der Waals surface area contributed by atoms with Crippen LogP contribution in [0.15, 0.2) is 90.3 Å². The number of piperidine rings is 1. The standard InChI is InChI=1S/C28H26N2O3S/c31-28(29-27-13-7-12-25(22-27)15-14-23-8-3-1-4-9-23)26-16-19-30(20-17-26)34(32,33)21-18-24-10-5-2-6-11-24/h1-13,18,21-22,26H,16-17,19-20H2,(H,29,31)/b21-18+. The van der Waals surface area contributed by atoms with E-state index in [0.29, 0.717) is 31.6 Å². The quantitative estimate of drug-likeness (QED) is 0.548. The summed E-state index contributed by atoms with van der Waals surface area (Å²) in [6, 6.07) is 26.5. The number of hydrogen-bond acceptors (Lipinski definition) is 3. The molecule has 0 unspecified atom stereocenters. The van der Waals surface area contributed by atoms with Crippen molar-refractivity contribution in [2.45, 2.75) is 12.8 Å². The number of anilines is 1. The first-order valence-electron chi connectivity index (χ1n) is 11.2. The van der Waals surface area contributed by atoms with Crippen molar-refractivity contribution in [1.82, 2.24) is 4.31 Å². The van der Waals surface area contributed by atoms with Crippen LogP contribution in [0.4, 0.5) is 5.69 Å². The molecular formula is C28H26N2O3S. The highest BCUT2D eigenvalue weighted by molar-refractivity contribution is 7.92. The van der Waals surface area contributed by atoms with Gasteiger partial charge in [0.05, 0.1) is 0 Å². The lowest BCUT2D eigenvalue weighted by Gasteiger charge is -2.29. The van der Waals surface area contributed by atoms with E-state index in [2.05, 4.69) is 17.2 Å². The minimum absolute atomic E-state index is 0.0926. The second kappa shape index (κ2) is 11.0. The van der Waals surface area contributed by atoms with Gasteiger partial charge in [0.2, 0.25) is 15.9 Å². The van der Waals surface area contributed by atoms with Crippen molar-refractivity contribution >= 4 is 27.7 Å². The van der Waals surface area contributed by atoms with E-state index in [1.54, 1.807) is 6.08 Å². The Kier molecular flexibility index (Phi) is 7.58. The van der Waals surface area contributed by atoms with Crippen LogP contribution in [-0.4, -0.2) is 31.7 Å². The third kappa shape index (κ3) is 6.44. The van der Waals surface area contributed by atoms with Crippen LogP contribution in [-0.2, 0) is 14.8 Å². The van der Waals surface area contributed by atoms with Crippen molar-refractivity contribution in [3.8, 4) is 11.8 Å². The molecule has 0 aromatic heterocycles. The molecule has 0 atom stereocenters. The van der Waals surface area contributed by atoms with E-state index in [-0.39, 0.29) is 11.8 Å². The van der Waals surface area contributed by atoms with E-state index in [0.717, 1.165) is 16.7 Å². The van der Waals surface area contributed by atoms with Crippen LogP contribution in [0, 0.1) is 17.8 Å². The number of hydrogen-bond donors (Lipinski definition) is 1. The first-order chi connectivity index (χ1) is 16.5. The van der Waals surface area contributed by atoms with Crippen molar-refractivity contribution in [3.05, 3.63) is 107 Å². The predicted octanol–water partition coefficient (Wildman–Crippen LogP) is 4.74. The Labute approximate surface area is 201 Å². The summed E-state index contributed by atoms with van der Waals surface area (Å²) in [5.74, 6) is 5.91. The first-order valence-corrected chi connectivity index (χ1v) is 12.7. The molecule has 0 saturated carbocycles. The normalized spacial score (nSPS) is 14.9. The van der Waals surface area contributed by atoms with Gasteiger partial charge >= 0.3 is 0 Å². The van der Waals surface area contributed by atoms with Crippen LogP contribution >= 0.6 is 0 Å². The van der Waals surface area contributed by atoms with Gasteiger partial charge in [-0.2, -0.15) is 4.31 Å². The Morgan fingerprint density at radius 1 is 0.853 bits per heavy atom. The number of nitrogens with one attached hydrogen (secondary N) is 1. The van der Waals surface area contributed by atoms with Crippen LogP contribution in [0.1, 0.15) is 29.5 Å². The molecular weight excluding hydrogens is 444 g/mol. The van der Waals surface area contributed by atoms with Crippen LogP contribution in [0.3, 0.4) is 0 Å². The van der Waals surface area contributed by atoms with Crippen LogP contribution < -0.4 is 5.32 Å². The molecule has 4 rings (SSSR count). The summed E-state index contributed by atoms with van der Waals surface area (Å²) in [6.45, 7) is 0.643. The maximum atomic E-state index is 12.8. The van der Waals surface area contributed by atoms with Gasteiger partial charge in [0.15, 0.2) is 0 Å². The Morgan fingerprint density at radius 3 is 2.18 bits per heavy atom. The van der Waals surface area contributed by atoms with Crippen molar-refractivity contribution < 1.29 is 13.2 Å². The predicted molar refractivity (Wildman–Crippen MR) is 136 cm³/mol. The van der Waals surface area contributed by atoms with Gasteiger partial charge in [-0.1, -0.05) is 66.4 Å². The number of carbonyl (C=O) groups is 1. The maximum Gasteiger partial charge on any atom is 0.236 e. The third-order valence-electron chi connectivity index (χ3n) is 5.67. The number of benzene rings is 3. The van der Waals surface area contributed by atoms with Gasteiger partial charge in [0.25, 0.3) is 0 Å². The van der Waals surface area contributed by atoms with E-state index in [4.69, 9.17) is 0 Å². The molecule has 1 fully saturated rings. The SMILES string of the molecule is O=C(Nc1cccc(C#Cc2ccccc2)c1)C1CCN(S(=O)(=O)/C=C/c2ccccc2)CC1. The summed E-state index contributed by atoms with van der Waals surface area (Å²) in [7, 11) is -3.52. The zero-order chi connectivity index (χ0) is 23.8. The van der Waals surface area contributed by atoms with Gasteiger partial charge in [0, 0.05) is 41.2 Å². The lowest BCUT2D eigenvalue weighted by atomic mass is 9.97. The molecule has 5 nitrogen and oxygen atoms in total. The van der Waals surface area contributed by atoms with Crippen LogP contribution in [0.5, 0.6) is 0 Å². The minimum Gasteiger partial charge on any atom is -0.326 e. The molecule has 0 spiro atoms. The highest BCUT2D eigenvalue weighted by atomic mass is 32.2. The fourth-order valence-corrected chi connectivity index (χ4v) is 4.99. The molecule has 1 N–H and O–H groups in total. The largest absolute Gasteiger partial charge is 0.326 e. The number of amides is 1. The van der Waals surface area contributed by atoms with E-state index in [1.807, 2.05) is 84.9 Å². The van der Waals surface area contributed by atoms with Crippen LogP contribution in [0.25, 0.3) is 6.08 Å². The van der Waals surface area contributed by atoms with Gasteiger partial charge in [-0.3, -0.25) is 4.79 Å². The molecule has 1 aliphatic rings. The van der Waals surface area contributed by atoms with E-state index in [9.17, 15) is 13.2 Å². The second-order valence-electron chi connectivity index (χ2n) is 8.12. The topological polar surface area (TPSA) is 66.5 Å². The van der Waals surface area contributed by atoms with Crippen molar-refractivity contribution in [2.24, 2.45) is 5.92 Å². The lowest BCUT2D eigenvalue weighted by Crippen LogP contribution is -2.40. The molecule has 1 heterocycles. The highest BCUT2D eigenvalue weighted by Crippen LogP contribution is 2.23. The average molecular weight is 471 g/mol. The Bertz CT molecular complexity index is 1320. The van der Waals surface area contributed by atoms with Gasteiger partial charge in [-0.25, -0.2) is 8.42 Å². The number of rotatable bonds is 5. The third-order valence-corrected chi connectivity index (χ3v) is 7.24. The molecule has 0 radical (unpaired) electrons. The Hall–Kier alpha value is -3.66. The summed E-state index contributed by atoms with van der Waals surface area (Å²) >= 11 is 0. The molecule has 1 saturated heterocycles. The molecule has 1 aliphatic heterocycles. The first kappa shape index (κ1) is 23.5. The summed E-state index contributed by atoms with van der Waals surface area (Å²) < 4.78 is 26.7. The molecule has 1 amide bonds. The van der Waals surface area contributed by atoms with E-state index < -0.39 is 10.0 Å². The summed E-state index contributed by atoms with van der Waals surface area (Å²) in [4.78, 5) is 12.8. The van der Waals surface area contributed by atoms with Gasteiger partial charge < -0.3 is 5.32 Å². The fraction of sp³-hybridized carbons (Fsp3) is 0.179. The molecule has 3 aromatic rings. The van der Waals surface area contributed by atoms with Gasteiger partial charge in [-0.05, 0) is 54.8 Å². The monoisotopic (exact) mass is 470 g/mol. The molecule has 172 valence electrons. The number of nitrogens with zero attached hydrogens (tertiary/aromatic N) is 1. The Morgan fingerprint density at radius 2 is 1.47 bits per heavy atom. The molecule has 34 heavy (non-hydrogen) atoms. The minimum atomic E-state index is -3.52. The van der Waals surface area contributed by atoms with Gasteiger partial charge in [-0.15, -0.1) is 0 Å². The lowest BCUT2D eigenvalue weighted by molar-refractivity contribution is -0.120.